The van der Waals surface area contributed by atoms with Gasteiger partial charge in [0.1, 0.15) is 6.10 Å². The number of aliphatic hydroxyl groups excluding tert-OH is 1. The van der Waals surface area contributed by atoms with Crippen LogP contribution in [0.4, 0.5) is 0 Å². The number of hydrogen-bond acceptors (Lipinski definition) is 4. The second-order valence-corrected chi connectivity index (χ2v) is 9.35. The van der Waals surface area contributed by atoms with Crippen molar-refractivity contribution in [2.75, 3.05) is 19.7 Å². The Bertz CT molecular complexity index is 718. The van der Waals surface area contributed by atoms with E-state index in [0.29, 0.717) is 19.0 Å². The molecular weight excluding hydrogens is 350 g/mol. The lowest BCUT2D eigenvalue weighted by Crippen LogP contribution is -2.45. The maximum Gasteiger partial charge on any atom is 0.310 e. The molecule has 0 bridgehead atoms. The molecule has 4 nitrogen and oxygen atoms in total. The van der Waals surface area contributed by atoms with Crippen LogP contribution in [-0.4, -0.2) is 41.8 Å². The van der Waals surface area contributed by atoms with Gasteiger partial charge in [0, 0.05) is 25.6 Å². The molecule has 1 aliphatic heterocycles. The molecule has 1 unspecified atom stereocenters. The number of benzene rings is 1. The van der Waals surface area contributed by atoms with Crippen LogP contribution >= 0.6 is 0 Å². The van der Waals surface area contributed by atoms with Gasteiger partial charge in [-0.05, 0) is 49.0 Å². The van der Waals surface area contributed by atoms with Gasteiger partial charge in [0.25, 0.3) is 0 Å². The molecule has 152 valence electrons. The predicted molar refractivity (Wildman–Crippen MR) is 109 cm³/mol. The Hall–Kier alpha value is -1.65. The van der Waals surface area contributed by atoms with Crippen molar-refractivity contribution in [3.8, 4) is 0 Å². The third-order valence-electron chi connectivity index (χ3n) is 7.44. The van der Waals surface area contributed by atoms with Crippen LogP contribution in [0.5, 0.6) is 0 Å². The summed E-state index contributed by atoms with van der Waals surface area (Å²) in [5, 5.41) is 9.54. The molecule has 1 saturated heterocycles. The number of hydrogen-bond donors (Lipinski definition) is 1. The van der Waals surface area contributed by atoms with Gasteiger partial charge in [0.15, 0.2) is 0 Å². The molecule has 2 aliphatic carbocycles. The van der Waals surface area contributed by atoms with Crippen molar-refractivity contribution in [2.45, 2.75) is 51.7 Å². The molecule has 0 spiro atoms. The molecule has 5 atom stereocenters. The summed E-state index contributed by atoms with van der Waals surface area (Å²) in [7, 11) is 0. The van der Waals surface area contributed by atoms with E-state index in [2.05, 4.69) is 30.5 Å². The second kappa shape index (κ2) is 8.00. The standard InChI is InChI=1S/C24H33NO3/c1-17-7-6-10-24(2)14-22-19(13-21(17)24)20(23(27)28-22)16-25(11-12-26)15-18-8-4-3-5-9-18/h3-5,8-9,19-22,26H,1,6-7,10-16H2,2H3/t19-,20?,21+,22-,24-/m1/s1. The van der Waals surface area contributed by atoms with E-state index in [4.69, 9.17) is 4.74 Å². The van der Waals surface area contributed by atoms with Crippen molar-refractivity contribution in [3.63, 3.8) is 0 Å². The molecule has 0 amide bonds. The van der Waals surface area contributed by atoms with Crippen LogP contribution in [0.3, 0.4) is 0 Å². The van der Waals surface area contributed by atoms with Gasteiger partial charge in [-0.3, -0.25) is 9.69 Å². The van der Waals surface area contributed by atoms with Gasteiger partial charge >= 0.3 is 5.97 Å². The number of rotatable bonds is 6. The summed E-state index contributed by atoms with van der Waals surface area (Å²) in [5.41, 5.74) is 2.82. The van der Waals surface area contributed by atoms with E-state index in [1.807, 2.05) is 18.2 Å². The fraction of sp³-hybridized carbons (Fsp3) is 0.625. The zero-order valence-corrected chi connectivity index (χ0v) is 17.0. The molecule has 0 aromatic heterocycles. The third-order valence-corrected chi connectivity index (χ3v) is 7.44. The molecule has 28 heavy (non-hydrogen) atoms. The molecule has 2 saturated carbocycles. The summed E-state index contributed by atoms with van der Waals surface area (Å²) in [6.07, 6.45) is 5.60. The molecule has 3 aliphatic rings. The fourth-order valence-electron chi connectivity index (χ4n) is 5.96. The normalized spacial score (nSPS) is 34.8. The van der Waals surface area contributed by atoms with Crippen molar-refractivity contribution in [1.29, 1.82) is 0 Å². The number of aliphatic hydroxyl groups is 1. The third kappa shape index (κ3) is 3.77. The van der Waals surface area contributed by atoms with Gasteiger partial charge in [-0.2, -0.15) is 0 Å². The minimum Gasteiger partial charge on any atom is -0.462 e. The van der Waals surface area contributed by atoms with E-state index in [-0.39, 0.29) is 35.9 Å². The monoisotopic (exact) mass is 383 g/mol. The first-order valence-electron chi connectivity index (χ1n) is 10.8. The maximum atomic E-state index is 12.8. The Kier molecular flexibility index (Phi) is 5.62. The summed E-state index contributed by atoms with van der Waals surface area (Å²) in [4.78, 5) is 15.0. The number of allylic oxidation sites excluding steroid dienone is 1. The van der Waals surface area contributed by atoms with Crippen molar-refractivity contribution in [1.82, 2.24) is 4.90 Å². The smallest absolute Gasteiger partial charge is 0.310 e. The highest BCUT2D eigenvalue weighted by molar-refractivity contribution is 5.75. The van der Waals surface area contributed by atoms with Crippen LogP contribution in [0.1, 0.15) is 44.6 Å². The van der Waals surface area contributed by atoms with E-state index in [0.717, 1.165) is 25.8 Å². The minimum absolute atomic E-state index is 0.0427. The van der Waals surface area contributed by atoms with Gasteiger partial charge < -0.3 is 9.84 Å². The van der Waals surface area contributed by atoms with Gasteiger partial charge in [-0.1, -0.05) is 49.4 Å². The van der Waals surface area contributed by atoms with Crippen LogP contribution < -0.4 is 0 Å². The summed E-state index contributed by atoms with van der Waals surface area (Å²) < 4.78 is 5.90. The van der Waals surface area contributed by atoms with Crippen LogP contribution in [0.25, 0.3) is 0 Å². The molecule has 4 heteroatoms. The Morgan fingerprint density at radius 1 is 1.32 bits per heavy atom. The molecule has 0 radical (unpaired) electrons. The SMILES string of the molecule is C=C1CCC[C@]2(C)C[C@H]3OC(=O)C(CN(CCO)Cc4ccccc4)[C@H]3C[C@@H]12. The van der Waals surface area contributed by atoms with Crippen molar-refractivity contribution in [3.05, 3.63) is 48.0 Å². The Balaban J connectivity index is 1.49. The predicted octanol–water partition coefficient (Wildman–Crippen LogP) is 3.80. The number of nitrogens with zero attached hydrogens (tertiary/aromatic N) is 1. The lowest BCUT2D eigenvalue weighted by atomic mass is 9.55. The van der Waals surface area contributed by atoms with Gasteiger partial charge in [-0.25, -0.2) is 0 Å². The van der Waals surface area contributed by atoms with Crippen LogP contribution in [0, 0.1) is 23.2 Å². The van der Waals surface area contributed by atoms with Crippen LogP contribution in [-0.2, 0) is 16.1 Å². The fourth-order valence-corrected chi connectivity index (χ4v) is 5.96. The van der Waals surface area contributed by atoms with Crippen molar-refractivity contribution in [2.24, 2.45) is 23.2 Å². The largest absolute Gasteiger partial charge is 0.462 e. The zero-order valence-electron chi connectivity index (χ0n) is 17.0. The number of carbonyl (C=O) groups excluding carboxylic acids is 1. The van der Waals surface area contributed by atoms with Crippen LogP contribution in [0.2, 0.25) is 0 Å². The highest BCUT2D eigenvalue weighted by Gasteiger charge is 2.55. The Morgan fingerprint density at radius 2 is 2.11 bits per heavy atom. The van der Waals surface area contributed by atoms with Gasteiger partial charge in [-0.15, -0.1) is 0 Å². The number of fused-ring (bicyclic) bond motifs is 2. The summed E-state index contributed by atoms with van der Waals surface area (Å²) >= 11 is 0. The average Bonchev–Trinajstić information content (AvgIpc) is 2.95. The molecule has 1 heterocycles. The quantitative estimate of drug-likeness (QED) is 0.600. The molecule has 3 fully saturated rings. The number of carbonyl (C=O) groups is 1. The van der Waals surface area contributed by atoms with E-state index >= 15 is 0 Å². The lowest BCUT2D eigenvalue weighted by molar-refractivity contribution is -0.146. The highest BCUT2D eigenvalue weighted by Crippen LogP contribution is 2.56. The van der Waals surface area contributed by atoms with Crippen LogP contribution in [0.15, 0.2) is 42.5 Å². The maximum absolute atomic E-state index is 12.8. The van der Waals surface area contributed by atoms with Crippen molar-refractivity contribution >= 4 is 5.97 Å². The van der Waals surface area contributed by atoms with Crippen molar-refractivity contribution < 1.29 is 14.6 Å². The summed E-state index contributed by atoms with van der Waals surface area (Å²) in [6, 6.07) is 10.3. The minimum atomic E-state index is -0.0976. The number of ether oxygens (including phenoxy) is 1. The second-order valence-electron chi connectivity index (χ2n) is 9.35. The van der Waals surface area contributed by atoms with E-state index in [1.54, 1.807) is 0 Å². The molecule has 1 N–H and O–H groups in total. The first kappa shape index (κ1) is 19.7. The Morgan fingerprint density at radius 3 is 2.86 bits per heavy atom. The Labute approximate surface area is 168 Å². The molecule has 1 aromatic rings. The van der Waals surface area contributed by atoms with E-state index < -0.39 is 0 Å². The van der Waals surface area contributed by atoms with Gasteiger partial charge in [0.05, 0.1) is 12.5 Å². The van der Waals surface area contributed by atoms with E-state index in [9.17, 15) is 9.90 Å². The first-order chi connectivity index (χ1) is 13.5. The molecule has 4 rings (SSSR count). The average molecular weight is 384 g/mol. The first-order valence-corrected chi connectivity index (χ1v) is 10.8. The molecular formula is C24H33NO3. The zero-order chi connectivity index (χ0) is 19.7. The highest BCUT2D eigenvalue weighted by atomic mass is 16.6. The molecule has 1 aromatic carbocycles. The topological polar surface area (TPSA) is 49.8 Å². The number of esters is 1. The lowest BCUT2D eigenvalue weighted by Gasteiger charge is -2.50. The summed E-state index contributed by atoms with van der Waals surface area (Å²) in [5.74, 6) is 0.649. The van der Waals surface area contributed by atoms with E-state index in [1.165, 1.54) is 24.0 Å². The summed E-state index contributed by atoms with van der Waals surface area (Å²) in [6.45, 7) is 8.82. The van der Waals surface area contributed by atoms with Gasteiger partial charge in [0.2, 0.25) is 0 Å².